The zero-order valence-corrected chi connectivity index (χ0v) is 13.6. The van der Waals surface area contributed by atoms with Crippen LogP contribution in [-0.4, -0.2) is 26.8 Å². The fraction of sp³-hybridized carbons (Fsp3) is 0.0556. The second-order valence-corrected chi connectivity index (χ2v) is 5.30. The van der Waals surface area contributed by atoms with Crippen molar-refractivity contribution in [1.29, 1.82) is 0 Å². The Kier molecular flexibility index (Phi) is 5.14. The Labute approximate surface area is 148 Å². The minimum atomic E-state index is -0.536. The molecule has 2 amide bonds. The third-order valence-electron chi connectivity index (χ3n) is 3.48. The highest BCUT2D eigenvalue weighted by Gasteiger charge is 2.14. The first kappa shape index (κ1) is 17.0. The predicted octanol–water partition coefficient (Wildman–Crippen LogP) is 1.35. The van der Waals surface area contributed by atoms with Crippen molar-refractivity contribution >= 4 is 17.5 Å². The van der Waals surface area contributed by atoms with E-state index in [0.29, 0.717) is 11.3 Å². The van der Waals surface area contributed by atoms with Crippen LogP contribution in [-0.2, 0) is 6.54 Å². The SMILES string of the molecule is O=C(Nc1ccccc1C(=O)NCc1ccccn1)c1c[nH]c(=O)cn1. The predicted molar refractivity (Wildman–Crippen MR) is 94.7 cm³/mol. The first-order valence-corrected chi connectivity index (χ1v) is 7.77. The van der Waals surface area contributed by atoms with Gasteiger partial charge in [0.2, 0.25) is 0 Å². The van der Waals surface area contributed by atoms with Crippen molar-refractivity contribution in [2.45, 2.75) is 6.54 Å². The van der Waals surface area contributed by atoms with Crippen LogP contribution in [0.2, 0.25) is 0 Å². The van der Waals surface area contributed by atoms with Gasteiger partial charge in [-0.15, -0.1) is 0 Å². The fourth-order valence-corrected chi connectivity index (χ4v) is 2.21. The van der Waals surface area contributed by atoms with Crippen LogP contribution in [0.1, 0.15) is 26.5 Å². The van der Waals surface area contributed by atoms with Gasteiger partial charge in [-0.25, -0.2) is 4.98 Å². The molecule has 2 heterocycles. The average molecular weight is 349 g/mol. The normalized spacial score (nSPS) is 10.2. The smallest absolute Gasteiger partial charge is 0.275 e. The van der Waals surface area contributed by atoms with Gasteiger partial charge in [0.1, 0.15) is 5.69 Å². The van der Waals surface area contributed by atoms with Crippen LogP contribution in [0.3, 0.4) is 0 Å². The number of H-pyrrole nitrogens is 1. The topological polar surface area (TPSA) is 117 Å². The lowest BCUT2D eigenvalue weighted by molar-refractivity contribution is 0.0951. The molecule has 0 atom stereocenters. The number of nitrogens with zero attached hydrogens (tertiary/aromatic N) is 2. The van der Waals surface area contributed by atoms with Crippen molar-refractivity contribution in [3.63, 3.8) is 0 Å². The van der Waals surface area contributed by atoms with Crippen LogP contribution in [0.15, 0.2) is 65.8 Å². The number of nitrogens with one attached hydrogen (secondary N) is 3. The van der Waals surface area contributed by atoms with Crippen LogP contribution in [0.25, 0.3) is 0 Å². The lowest BCUT2D eigenvalue weighted by Crippen LogP contribution is -2.25. The summed E-state index contributed by atoms with van der Waals surface area (Å²) in [7, 11) is 0. The van der Waals surface area contributed by atoms with E-state index in [0.717, 1.165) is 11.9 Å². The van der Waals surface area contributed by atoms with Gasteiger partial charge in [0.05, 0.1) is 29.7 Å². The summed E-state index contributed by atoms with van der Waals surface area (Å²) in [5.41, 5.74) is 0.995. The number of anilines is 1. The van der Waals surface area contributed by atoms with E-state index in [9.17, 15) is 14.4 Å². The lowest BCUT2D eigenvalue weighted by atomic mass is 10.1. The molecule has 0 spiro atoms. The summed E-state index contributed by atoms with van der Waals surface area (Å²) in [6.45, 7) is 0.267. The molecule has 8 nitrogen and oxygen atoms in total. The molecule has 0 bridgehead atoms. The summed E-state index contributed by atoms with van der Waals surface area (Å²) >= 11 is 0. The third kappa shape index (κ3) is 4.18. The zero-order chi connectivity index (χ0) is 18.4. The number of aromatic nitrogens is 3. The summed E-state index contributed by atoms with van der Waals surface area (Å²) in [5.74, 6) is -0.882. The van der Waals surface area contributed by atoms with Crippen molar-refractivity contribution in [2.75, 3.05) is 5.32 Å². The minimum absolute atomic E-state index is 0.0355. The fourth-order valence-electron chi connectivity index (χ4n) is 2.21. The third-order valence-corrected chi connectivity index (χ3v) is 3.48. The highest BCUT2D eigenvalue weighted by Crippen LogP contribution is 2.16. The van der Waals surface area contributed by atoms with Crippen molar-refractivity contribution in [2.24, 2.45) is 0 Å². The maximum Gasteiger partial charge on any atom is 0.275 e. The molecule has 0 unspecified atom stereocenters. The summed E-state index contributed by atoms with van der Waals surface area (Å²) in [4.78, 5) is 46.0. The van der Waals surface area contributed by atoms with Gasteiger partial charge in [0, 0.05) is 12.4 Å². The molecule has 3 N–H and O–H groups in total. The molecule has 8 heteroatoms. The van der Waals surface area contributed by atoms with Crippen molar-refractivity contribution in [3.8, 4) is 0 Å². The average Bonchev–Trinajstić information content (AvgIpc) is 2.68. The number of para-hydroxylation sites is 1. The summed E-state index contributed by atoms with van der Waals surface area (Å²) in [6.07, 6.45) is 3.87. The Balaban J connectivity index is 1.73. The van der Waals surface area contributed by atoms with E-state index in [1.807, 2.05) is 6.07 Å². The molecular weight excluding hydrogens is 334 g/mol. The van der Waals surface area contributed by atoms with Gasteiger partial charge in [-0.2, -0.15) is 0 Å². The zero-order valence-electron chi connectivity index (χ0n) is 13.6. The maximum absolute atomic E-state index is 12.4. The van der Waals surface area contributed by atoms with E-state index in [2.05, 4.69) is 25.6 Å². The van der Waals surface area contributed by atoms with Crippen LogP contribution >= 0.6 is 0 Å². The van der Waals surface area contributed by atoms with E-state index in [1.165, 1.54) is 6.20 Å². The number of carbonyl (C=O) groups is 2. The van der Waals surface area contributed by atoms with Crippen molar-refractivity contribution in [3.05, 3.63) is 88.4 Å². The Morgan fingerprint density at radius 2 is 1.81 bits per heavy atom. The standard InChI is InChI=1S/C18H15N5O3/c24-16-11-20-15(10-21-16)18(26)23-14-7-2-1-6-13(14)17(25)22-9-12-5-3-4-8-19-12/h1-8,10-11H,9H2,(H,21,24)(H,22,25)(H,23,26). The first-order valence-electron chi connectivity index (χ1n) is 7.77. The van der Waals surface area contributed by atoms with E-state index >= 15 is 0 Å². The van der Waals surface area contributed by atoms with Gasteiger partial charge >= 0.3 is 0 Å². The number of hydrogen-bond acceptors (Lipinski definition) is 5. The molecule has 0 aliphatic rings. The number of pyridine rings is 1. The molecule has 3 aromatic rings. The maximum atomic E-state index is 12.4. The first-order chi connectivity index (χ1) is 12.6. The van der Waals surface area contributed by atoms with Crippen LogP contribution in [0.5, 0.6) is 0 Å². The second kappa shape index (κ2) is 7.84. The van der Waals surface area contributed by atoms with E-state index < -0.39 is 11.5 Å². The number of carbonyl (C=O) groups excluding carboxylic acids is 2. The minimum Gasteiger partial charge on any atom is -0.346 e. The summed E-state index contributed by atoms with van der Waals surface area (Å²) in [5, 5.41) is 5.39. The number of benzene rings is 1. The largest absolute Gasteiger partial charge is 0.346 e. The molecule has 3 rings (SSSR count). The molecule has 0 aliphatic heterocycles. The quantitative estimate of drug-likeness (QED) is 0.643. The highest BCUT2D eigenvalue weighted by molar-refractivity contribution is 6.08. The van der Waals surface area contributed by atoms with Gasteiger partial charge in [-0.3, -0.25) is 19.4 Å². The van der Waals surface area contributed by atoms with Gasteiger partial charge in [-0.05, 0) is 24.3 Å². The second-order valence-electron chi connectivity index (χ2n) is 5.30. The molecule has 130 valence electrons. The van der Waals surface area contributed by atoms with Crippen LogP contribution in [0.4, 0.5) is 5.69 Å². The molecule has 2 aromatic heterocycles. The van der Waals surface area contributed by atoms with Gasteiger partial charge in [0.15, 0.2) is 0 Å². The monoisotopic (exact) mass is 349 g/mol. The summed E-state index contributed by atoms with van der Waals surface area (Å²) < 4.78 is 0. The highest BCUT2D eigenvalue weighted by atomic mass is 16.2. The Morgan fingerprint density at radius 3 is 2.54 bits per heavy atom. The molecule has 0 aliphatic carbocycles. The molecule has 0 radical (unpaired) electrons. The van der Waals surface area contributed by atoms with Crippen LogP contribution < -0.4 is 16.2 Å². The molecule has 0 fully saturated rings. The van der Waals surface area contributed by atoms with E-state index in [4.69, 9.17) is 0 Å². The summed E-state index contributed by atoms with van der Waals surface area (Å²) in [6, 6.07) is 12.0. The van der Waals surface area contributed by atoms with Crippen molar-refractivity contribution in [1.82, 2.24) is 20.3 Å². The Hall–Kier alpha value is -3.81. The number of aromatic amines is 1. The number of rotatable bonds is 5. The molecular formula is C18H15N5O3. The van der Waals surface area contributed by atoms with Crippen LogP contribution in [0, 0.1) is 0 Å². The molecule has 0 saturated carbocycles. The number of hydrogen-bond donors (Lipinski definition) is 3. The van der Waals surface area contributed by atoms with Gasteiger partial charge in [0.25, 0.3) is 17.4 Å². The number of amides is 2. The van der Waals surface area contributed by atoms with Gasteiger partial charge < -0.3 is 15.6 Å². The van der Waals surface area contributed by atoms with E-state index in [1.54, 1.807) is 42.6 Å². The van der Waals surface area contributed by atoms with Crippen molar-refractivity contribution < 1.29 is 9.59 Å². The van der Waals surface area contributed by atoms with Gasteiger partial charge in [-0.1, -0.05) is 18.2 Å². The lowest BCUT2D eigenvalue weighted by Gasteiger charge is -2.11. The molecule has 0 saturated heterocycles. The Morgan fingerprint density at radius 1 is 1.00 bits per heavy atom. The molecule has 1 aromatic carbocycles. The molecule has 26 heavy (non-hydrogen) atoms. The Bertz CT molecular complexity index is 965. The van der Waals surface area contributed by atoms with E-state index in [-0.39, 0.29) is 18.1 Å².